The summed E-state index contributed by atoms with van der Waals surface area (Å²) in [6.45, 7) is 6.63. The fraction of sp³-hybridized carbons (Fsp3) is 0.500. The van der Waals surface area contributed by atoms with Gasteiger partial charge in [-0.3, -0.25) is 10.1 Å². The van der Waals surface area contributed by atoms with Gasteiger partial charge in [0, 0.05) is 21.3 Å². The van der Waals surface area contributed by atoms with Crippen molar-refractivity contribution in [3.05, 3.63) is 39.4 Å². The number of esters is 1. The van der Waals surface area contributed by atoms with Gasteiger partial charge in [-0.2, -0.15) is 0 Å². The quantitative estimate of drug-likeness (QED) is 0.266. The third-order valence-electron chi connectivity index (χ3n) is 2.59. The second kappa shape index (κ2) is 6.66. The van der Waals surface area contributed by atoms with E-state index in [1.54, 1.807) is 52.0 Å². The van der Waals surface area contributed by atoms with Crippen LogP contribution in [0.3, 0.4) is 0 Å². The molecule has 0 aromatic heterocycles. The minimum absolute atomic E-state index is 0.0161. The molecule has 7 heteroatoms. The van der Waals surface area contributed by atoms with Crippen LogP contribution in [0.15, 0.2) is 29.2 Å². The van der Waals surface area contributed by atoms with Gasteiger partial charge < -0.3 is 4.74 Å². The molecule has 0 bridgehead atoms. The van der Waals surface area contributed by atoms with Crippen LogP contribution in [0.4, 0.5) is 0 Å². The molecule has 116 valence electrons. The number of carbonyl (C=O) groups excluding carboxylic acids is 1. The molecule has 0 saturated carbocycles. The molecule has 1 atom stereocenters. The van der Waals surface area contributed by atoms with Crippen LogP contribution in [-0.4, -0.2) is 21.4 Å². The number of rotatable bonds is 5. The van der Waals surface area contributed by atoms with E-state index in [-0.39, 0.29) is 6.42 Å². The van der Waals surface area contributed by atoms with Crippen LogP contribution < -0.4 is 0 Å². The van der Waals surface area contributed by atoms with Crippen molar-refractivity contribution in [3.63, 3.8) is 0 Å². The fourth-order valence-electron chi connectivity index (χ4n) is 1.55. The van der Waals surface area contributed by atoms with Crippen LogP contribution in [0, 0.1) is 10.1 Å². The molecule has 0 amide bonds. The first kappa shape index (κ1) is 17.8. The van der Waals surface area contributed by atoms with Crippen molar-refractivity contribution < 1.29 is 14.5 Å². The van der Waals surface area contributed by atoms with E-state index in [1.165, 1.54) is 0 Å². The highest BCUT2D eigenvalue weighted by Crippen LogP contribution is 2.38. The molecular formula is C14H18ClNO4S. The topological polar surface area (TPSA) is 69.4 Å². The van der Waals surface area contributed by atoms with E-state index in [0.29, 0.717) is 9.92 Å². The summed E-state index contributed by atoms with van der Waals surface area (Å²) in [5.74, 6) is -0.845. The van der Waals surface area contributed by atoms with Crippen LogP contribution in [0.5, 0.6) is 0 Å². The highest BCUT2D eigenvalue weighted by molar-refractivity contribution is 8.01. The Bertz CT molecular complexity index is 527. The number of hydrogen-bond acceptors (Lipinski definition) is 5. The summed E-state index contributed by atoms with van der Waals surface area (Å²) in [5.41, 5.74) is -0.784. The number of carbonyl (C=O) groups is 1. The summed E-state index contributed by atoms with van der Waals surface area (Å²) in [6.07, 6.45) is 0.0161. The number of nitro groups is 1. The summed E-state index contributed by atoms with van der Waals surface area (Å²) in [6, 6.07) is 6.54. The summed E-state index contributed by atoms with van der Waals surface area (Å²) in [5, 5.41) is 12.0. The van der Waals surface area contributed by atoms with Crippen molar-refractivity contribution in [3.8, 4) is 0 Å². The molecule has 0 fully saturated rings. The Balaban J connectivity index is 3.12. The molecule has 1 rings (SSSR count). The zero-order valence-corrected chi connectivity index (χ0v) is 14.0. The molecule has 1 aromatic rings. The van der Waals surface area contributed by atoms with Gasteiger partial charge in [0.25, 0.3) is 0 Å². The van der Waals surface area contributed by atoms with Crippen molar-refractivity contribution in [1.82, 2.24) is 0 Å². The smallest absolute Gasteiger partial charge is 0.397 e. The lowest BCUT2D eigenvalue weighted by Crippen LogP contribution is -2.46. The molecule has 0 spiro atoms. The van der Waals surface area contributed by atoms with E-state index in [1.807, 2.05) is 0 Å². The summed E-state index contributed by atoms with van der Waals surface area (Å²) in [7, 11) is 0. The van der Waals surface area contributed by atoms with Gasteiger partial charge >= 0.3 is 10.8 Å². The highest BCUT2D eigenvalue weighted by Gasteiger charge is 2.53. The Morgan fingerprint density at radius 3 is 2.24 bits per heavy atom. The Hall–Kier alpha value is -1.27. The Morgan fingerprint density at radius 2 is 1.86 bits per heavy atom. The first-order valence-corrected chi connectivity index (χ1v) is 7.62. The molecular weight excluding hydrogens is 314 g/mol. The number of thioether (sulfide) groups is 1. The average molecular weight is 332 g/mol. The SMILES string of the molecule is CCC(Sc1ccc(Cl)cc1)(C(=O)OC(C)(C)C)[N+](=O)[O-]. The zero-order valence-electron chi connectivity index (χ0n) is 12.4. The summed E-state index contributed by atoms with van der Waals surface area (Å²) < 4.78 is 5.22. The van der Waals surface area contributed by atoms with Crippen LogP contribution in [0.2, 0.25) is 5.02 Å². The van der Waals surface area contributed by atoms with Gasteiger partial charge in [-0.25, -0.2) is 4.79 Å². The second-order valence-corrected chi connectivity index (χ2v) is 7.24. The van der Waals surface area contributed by atoms with E-state index in [2.05, 4.69) is 0 Å². The Kier molecular flexibility index (Phi) is 5.64. The molecule has 0 N–H and O–H groups in total. The Morgan fingerprint density at radius 1 is 1.33 bits per heavy atom. The molecule has 0 aliphatic carbocycles. The van der Waals surface area contributed by atoms with Crippen molar-refractivity contribution in [2.24, 2.45) is 0 Å². The Labute approximate surface area is 133 Å². The number of halogens is 1. The maximum absolute atomic E-state index is 12.3. The summed E-state index contributed by atoms with van der Waals surface area (Å²) in [4.78, 5) is 22.0. The number of ether oxygens (including phenoxy) is 1. The lowest BCUT2D eigenvalue weighted by Gasteiger charge is -2.26. The average Bonchev–Trinajstić information content (AvgIpc) is 2.35. The molecule has 0 saturated heterocycles. The number of nitrogens with zero attached hydrogens (tertiary/aromatic N) is 1. The van der Waals surface area contributed by atoms with Crippen LogP contribution >= 0.6 is 23.4 Å². The standard InChI is InChI=1S/C14H18ClNO4S/c1-5-14(16(18)19,12(17)20-13(2,3)4)21-11-8-6-10(15)7-9-11/h6-9H,5H2,1-4H3. The molecule has 1 aromatic carbocycles. The first-order valence-electron chi connectivity index (χ1n) is 6.43. The van der Waals surface area contributed by atoms with Crippen LogP contribution in [0.25, 0.3) is 0 Å². The van der Waals surface area contributed by atoms with E-state index in [9.17, 15) is 14.9 Å². The minimum Gasteiger partial charge on any atom is -0.454 e. The van der Waals surface area contributed by atoms with Crippen LogP contribution in [0.1, 0.15) is 34.1 Å². The highest BCUT2D eigenvalue weighted by atomic mass is 35.5. The summed E-state index contributed by atoms with van der Waals surface area (Å²) >= 11 is 6.66. The van der Waals surface area contributed by atoms with E-state index >= 15 is 0 Å². The van der Waals surface area contributed by atoms with Gasteiger partial charge in [-0.1, -0.05) is 18.5 Å². The van der Waals surface area contributed by atoms with Gasteiger partial charge in [0.05, 0.1) is 0 Å². The molecule has 21 heavy (non-hydrogen) atoms. The third kappa shape index (κ3) is 4.61. The third-order valence-corrected chi connectivity index (χ3v) is 4.29. The maximum Gasteiger partial charge on any atom is 0.397 e. The predicted molar refractivity (Wildman–Crippen MR) is 83.2 cm³/mol. The van der Waals surface area contributed by atoms with Crippen molar-refractivity contribution in [1.29, 1.82) is 0 Å². The monoisotopic (exact) mass is 331 g/mol. The van der Waals surface area contributed by atoms with Crippen molar-refractivity contribution in [2.45, 2.75) is 49.5 Å². The predicted octanol–water partition coefficient (Wildman–Crippen LogP) is 4.16. The van der Waals surface area contributed by atoms with Gasteiger partial charge in [-0.15, -0.1) is 0 Å². The van der Waals surface area contributed by atoms with Gasteiger partial charge in [0.1, 0.15) is 5.60 Å². The van der Waals surface area contributed by atoms with Gasteiger partial charge in [0.2, 0.25) is 0 Å². The van der Waals surface area contributed by atoms with Gasteiger partial charge in [-0.05, 0) is 56.8 Å². The van der Waals surface area contributed by atoms with Crippen molar-refractivity contribution in [2.75, 3.05) is 0 Å². The maximum atomic E-state index is 12.3. The van der Waals surface area contributed by atoms with E-state index < -0.39 is 21.4 Å². The lowest BCUT2D eigenvalue weighted by atomic mass is 10.1. The van der Waals surface area contributed by atoms with E-state index in [0.717, 1.165) is 11.8 Å². The van der Waals surface area contributed by atoms with Crippen LogP contribution in [-0.2, 0) is 9.53 Å². The molecule has 0 aliphatic heterocycles. The van der Waals surface area contributed by atoms with E-state index in [4.69, 9.17) is 16.3 Å². The first-order chi connectivity index (χ1) is 9.60. The molecule has 1 unspecified atom stereocenters. The van der Waals surface area contributed by atoms with Crippen molar-refractivity contribution >= 4 is 29.3 Å². The molecule has 0 radical (unpaired) electrons. The molecule has 5 nitrogen and oxygen atoms in total. The lowest BCUT2D eigenvalue weighted by molar-refractivity contribution is -0.526. The largest absolute Gasteiger partial charge is 0.454 e. The number of hydrogen-bond donors (Lipinski definition) is 0. The molecule has 0 heterocycles. The zero-order chi connectivity index (χ0) is 16.3. The normalized spacial score (nSPS) is 14.3. The van der Waals surface area contributed by atoms with Gasteiger partial charge in [0.15, 0.2) is 0 Å². The second-order valence-electron chi connectivity index (χ2n) is 5.45. The molecule has 0 aliphatic rings. The number of benzene rings is 1. The fourth-order valence-corrected chi connectivity index (χ4v) is 2.69. The minimum atomic E-state index is -1.86.